The molecule has 0 bridgehead atoms. The quantitative estimate of drug-likeness (QED) is 0.677. The number of aryl methyl sites for hydroxylation is 1. The fourth-order valence-electron chi connectivity index (χ4n) is 1.58. The summed E-state index contributed by atoms with van der Waals surface area (Å²) in [6.45, 7) is 2.12. The maximum absolute atomic E-state index is 12.1. The Kier molecular flexibility index (Phi) is 4.76. The van der Waals surface area contributed by atoms with Crippen molar-refractivity contribution in [1.82, 2.24) is 10.3 Å². The summed E-state index contributed by atoms with van der Waals surface area (Å²) in [6, 6.07) is 2.20. The Morgan fingerprint density at radius 3 is 2.76 bits per heavy atom. The Morgan fingerprint density at radius 2 is 2.19 bits per heavy atom. The minimum Gasteiger partial charge on any atom is -0.345 e. The highest BCUT2D eigenvalue weighted by Gasteiger charge is 2.19. The van der Waals surface area contributed by atoms with Crippen LogP contribution in [0.4, 0.5) is 5.69 Å². The lowest BCUT2D eigenvalue weighted by atomic mass is 10.2. The molecule has 0 saturated heterocycles. The van der Waals surface area contributed by atoms with E-state index in [0.717, 1.165) is 22.0 Å². The van der Waals surface area contributed by atoms with Crippen LogP contribution < -0.4 is 5.32 Å². The van der Waals surface area contributed by atoms with Gasteiger partial charge in [0.2, 0.25) is 0 Å². The lowest BCUT2D eigenvalue weighted by Crippen LogP contribution is -2.23. The number of non-ortho nitro benzene ring substituents is 1. The van der Waals surface area contributed by atoms with Crippen LogP contribution in [0.2, 0.25) is 10.0 Å². The molecule has 2 rings (SSSR count). The molecule has 0 aliphatic rings. The Balaban J connectivity index is 2.20. The van der Waals surface area contributed by atoms with Crippen molar-refractivity contribution in [3.8, 4) is 0 Å². The first-order chi connectivity index (χ1) is 9.88. The molecule has 9 heteroatoms. The van der Waals surface area contributed by atoms with Crippen molar-refractivity contribution >= 4 is 46.1 Å². The van der Waals surface area contributed by atoms with E-state index < -0.39 is 10.8 Å². The topological polar surface area (TPSA) is 85.1 Å². The van der Waals surface area contributed by atoms with Gasteiger partial charge in [-0.15, -0.1) is 11.3 Å². The third-order valence-electron chi connectivity index (χ3n) is 2.54. The van der Waals surface area contributed by atoms with Crippen molar-refractivity contribution in [3.63, 3.8) is 0 Å². The van der Waals surface area contributed by atoms with Crippen molar-refractivity contribution < 1.29 is 9.72 Å². The number of carbonyl (C=O) groups excluding carboxylic acids is 1. The van der Waals surface area contributed by atoms with Gasteiger partial charge in [-0.1, -0.05) is 23.2 Å². The zero-order valence-corrected chi connectivity index (χ0v) is 13.1. The second-order valence-electron chi connectivity index (χ2n) is 4.09. The number of nitro groups is 1. The Morgan fingerprint density at radius 1 is 1.48 bits per heavy atom. The molecule has 1 amide bonds. The number of halogens is 2. The molecule has 2 aromatic rings. The lowest BCUT2D eigenvalue weighted by Gasteiger charge is -2.06. The number of nitro benzene ring substituents is 1. The Labute approximate surface area is 133 Å². The zero-order chi connectivity index (χ0) is 15.6. The molecule has 0 atom stereocenters. The van der Waals surface area contributed by atoms with Crippen molar-refractivity contribution in [3.05, 3.63) is 53.9 Å². The largest absolute Gasteiger partial charge is 0.345 e. The monoisotopic (exact) mass is 345 g/mol. The molecule has 21 heavy (non-hydrogen) atoms. The normalized spacial score (nSPS) is 10.4. The smallest absolute Gasteiger partial charge is 0.271 e. The van der Waals surface area contributed by atoms with Gasteiger partial charge in [0.15, 0.2) is 0 Å². The maximum Gasteiger partial charge on any atom is 0.271 e. The SMILES string of the molecule is Cc1cnc(CNC(=O)c2cc([N+](=O)[O-])cc(Cl)c2Cl)s1. The first-order valence-corrected chi connectivity index (χ1v) is 7.28. The predicted octanol–water partition coefficient (Wildman–Crippen LogP) is 3.60. The van der Waals surface area contributed by atoms with E-state index in [4.69, 9.17) is 23.2 Å². The molecule has 110 valence electrons. The van der Waals surface area contributed by atoms with Crippen molar-refractivity contribution in [2.24, 2.45) is 0 Å². The molecule has 0 fully saturated rings. The van der Waals surface area contributed by atoms with Gasteiger partial charge in [-0.2, -0.15) is 0 Å². The van der Waals surface area contributed by atoms with Gasteiger partial charge in [-0.25, -0.2) is 4.98 Å². The summed E-state index contributed by atoms with van der Waals surface area (Å²) in [5, 5.41) is 14.1. The summed E-state index contributed by atoms with van der Waals surface area (Å²) >= 11 is 13.2. The lowest BCUT2D eigenvalue weighted by molar-refractivity contribution is -0.384. The number of nitrogens with zero attached hydrogens (tertiary/aromatic N) is 2. The molecule has 1 aromatic carbocycles. The number of rotatable bonds is 4. The molecule has 6 nitrogen and oxygen atoms in total. The minimum absolute atomic E-state index is 0.0184. The molecule has 0 saturated carbocycles. The van der Waals surface area contributed by atoms with Crippen LogP contribution in [0.15, 0.2) is 18.3 Å². The average Bonchev–Trinajstić information content (AvgIpc) is 2.84. The van der Waals surface area contributed by atoms with Gasteiger partial charge in [0.05, 0.1) is 27.1 Å². The third kappa shape index (κ3) is 3.69. The van der Waals surface area contributed by atoms with Crippen LogP contribution in [0.3, 0.4) is 0 Å². The fourth-order valence-corrected chi connectivity index (χ4v) is 2.72. The number of nitrogens with one attached hydrogen (secondary N) is 1. The van der Waals surface area contributed by atoms with Gasteiger partial charge in [0, 0.05) is 23.2 Å². The highest BCUT2D eigenvalue weighted by atomic mass is 35.5. The van der Waals surface area contributed by atoms with Crippen molar-refractivity contribution in [2.75, 3.05) is 0 Å². The molecule has 0 spiro atoms. The second kappa shape index (κ2) is 6.38. The average molecular weight is 346 g/mol. The summed E-state index contributed by atoms with van der Waals surface area (Å²) in [6.07, 6.45) is 1.70. The van der Waals surface area contributed by atoms with Crippen LogP contribution in [0.25, 0.3) is 0 Å². The van der Waals surface area contributed by atoms with Gasteiger partial charge >= 0.3 is 0 Å². The molecule has 0 unspecified atom stereocenters. The number of carbonyl (C=O) groups is 1. The van der Waals surface area contributed by atoms with Crippen LogP contribution in [-0.4, -0.2) is 15.8 Å². The first kappa shape index (κ1) is 15.7. The zero-order valence-electron chi connectivity index (χ0n) is 10.7. The summed E-state index contributed by atoms with van der Waals surface area (Å²) in [7, 11) is 0. The number of thiazole rings is 1. The summed E-state index contributed by atoms with van der Waals surface area (Å²) in [4.78, 5) is 27.3. The molecular weight excluding hydrogens is 337 g/mol. The van der Waals surface area contributed by atoms with Crippen LogP contribution in [0.5, 0.6) is 0 Å². The molecule has 0 aliphatic heterocycles. The summed E-state index contributed by atoms with van der Waals surface area (Å²) < 4.78 is 0. The fraction of sp³-hybridized carbons (Fsp3) is 0.167. The number of hydrogen-bond donors (Lipinski definition) is 1. The van der Waals surface area contributed by atoms with E-state index in [1.807, 2.05) is 6.92 Å². The number of benzene rings is 1. The molecule has 1 N–H and O–H groups in total. The van der Waals surface area contributed by atoms with Gasteiger partial charge in [0.25, 0.3) is 11.6 Å². The number of amides is 1. The number of aromatic nitrogens is 1. The second-order valence-corrected chi connectivity index (χ2v) is 6.20. The molecular formula is C12H9Cl2N3O3S. The predicted molar refractivity (Wildman–Crippen MR) is 81.1 cm³/mol. The van der Waals surface area contributed by atoms with Gasteiger partial charge in [-0.05, 0) is 6.92 Å². The van der Waals surface area contributed by atoms with Crippen LogP contribution in [0.1, 0.15) is 20.2 Å². The highest BCUT2D eigenvalue weighted by molar-refractivity contribution is 7.11. The van der Waals surface area contributed by atoms with Crippen LogP contribution in [-0.2, 0) is 6.54 Å². The Bertz CT molecular complexity index is 718. The van der Waals surface area contributed by atoms with Gasteiger partial charge < -0.3 is 5.32 Å². The van der Waals surface area contributed by atoms with E-state index in [1.54, 1.807) is 6.20 Å². The first-order valence-electron chi connectivity index (χ1n) is 5.71. The van der Waals surface area contributed by atoms with E-state index in [9.17, 15) is 14.9 Å². The summed E-state index contributed by atoms with van der Waals surface area (Å²) in [5.41, 5.74) is -0.330. The Hall–Kier alpha value is -1.70. The molecule has 1 heterocycles. The van der Waals surface area contributed by atoms with Crippen LogP contribution >= 0.6 is 34.5 Å². The maximum atomic E-state index is 12.1. The van der Waals surface area contributed by atoms with E-state index in [-0.39, 0.29) is 27.8 Å². The standard InChI is InChI=1S/C12H9Cl2N3O3S/c1-6-4-15-10(21-6)5-16-12(18)8-2-7(17(19)20)3-9(13)11(8)14/h2-4H,5H2,1H3,(H,16,18). The van der Waals surface area contributed by atoms with E-state index in [1.165, 1.54) is 11.3 Å². The van der Waals surface area contributed by atoms with Gasteiger partial charge in [0.1, 0.15) is 5.01 Å². The molecule has 1 aromatic heterocycles. The minimum atomic E-state index is -0.636. The van der Waals surface area contributed by atoms with Crippen LogP contribution in [0, 0.1) is 17.0 Å². The third-order valence-corrected chi connectivity index (χ3v) is 4.25. The van der Waals surface area contributed by atoms with E-state index >= 15 is 0 Å². The molecule has 0 radical (unpaired) electrons. The highest BCUT2D eigenvalue weighted by Crippen LogP contribution is 2.30. The van der Waals surface area contributed by atoms with Gasteiger partial charge in [-0.3, -0.25) is 14.9 Å². The molecule has 0 aliphatic carbocycles. The van der Waals surface area contributed by atoms with E-state index in [0.29, 0.717) is 0 Å². The number of hydrogen-bond acceptors (Lipinski definition) is 5. The summed E-state index contributed by atoms with van der Waals surface area (Å²) in [5.74, 6) is -0.543. The van der Waals surface area contributed by atoms with E-state index in [2.05, 4.69) is 10.3 Å². The van der Waals surface area contributed by atoms with Crippen molar-refractivity contribution in [1.29, 1.82) is 0 Å². The van der Waals surface area contributed by atoms with Crippen molar-refractivity contribution in [2.45, 2.75) is 13.5 Å².